The van der Waals surface area contributed by atoms with Crippen molar-refractivity contribution < 1.29 is 19.4 Å². The third-order valence-corrected chi connectivity index (χ3v) is 5.35. The third-order valence-electron chi connectivity index (χ3n) is 5.35. The van der Waals surface area contributed by atoms with Gasteiger partial charge in [0.2, 0.25) is 5.91 Å². The standard InChI is InChI=1S/C15H21NO2.C9H11NO2.C2H2/c1-2-8-16(7-1)9-3-4-13-5-6-14-15(12-13)18-11-10-17-14;10-9(12)8(11)6-7-4-2-1-3-5-7;1-2/h5-6,12H,1-4,7-11H2;1-5,8,11H,6H2,(H2,10,12);1-2H/t;8-;/m.0./s1. The van der Waals surface area contributed by atoms with E-state index in [1.807, 2.05) is 36.4 Å². The monoisotopic (exact) mass is 438 g/mol. The van der Waals surface area contributed by atoms with Crippen molar-refractivity contribution in [3.63, 3.8) is 0 Å². The highest BCUT2D eigenvalue weighted by Gasteiger charge is 2.13. The van der Waals surface area contributed by atoms with Crippen LogP contribution in [0.3, 0.4) is 0 Å². The number of nitrogens with two attached hydrogens (primary N) is 1. The van der Waals surface area contributed by atoms with Crippen LogP contribution in [0.25, 0.3) is 0 Å². The average Bonchev–Trinajstić information content (AvgIpc) is 3.35. The molecule has 0 spiro atoms. The number of ether oxygens (including phenoxy) is 2. The number of rotatable bonds is 7. The summed E-state index contributed by atoms with van der Waals surface area (Å²) in [5.41, 5.74) is 7.16. The van der Waals surface area contributed by atoms with Gasteiger partial charge < -0.3 is 25.2 Å². The lowest BCUT2D eigenvalue weighted by atomic mass is 10.1. The van der Waals surface area contributed by atoms with Gasteiger partial charge in [-0.3, -0.25) is 4.79 Å². The van der Waals surface area contributed by atoms with Crippen LogP contribution in [0.4, 0.5) is 0 Å². The fraction of sp³-hybridized carbons (Fsp3) is 0.423. The van der Waals surface area contributed by atoms with Gasteiger partial charge in [0, 0.05) is 6.42 Å². The van der Waals surface area contributed by atoms with Gasteiger partial charge in [-0.2, -0.15) is 0 Å². The Kier molecular flexibility index (Phi) is 11.1. The minimum absolute atomic E-state index is 0.288. The molecule has 6 nitrogen and oxygen atoms in total. The van der Waals surface area contributed by atoms with Crippen molar-refractivity contribution in [2.45, 2.75) is 38.2 Å². The minimum atomic E-state index is -1.08. The number of aliphatic hydroxyl groups is 1. The first-order valence-electron chi connectivity index (χ1n) is 11.1. The zero-order valence-corrected chi connectivity index (χ0v) is 18.6. The van der Waals surface area contributed by atoms with Crippen LogP contribution >= 0.6 is 0 Å². The Morgan fingerprint density at radius 2 is 1.66 bits per heavy atom. The van der Waals surface area contributed by atoms with Crippen molar-refractivity contribution in [2.24, 2.45) is 5.73 Å². The molecule has 1 amide bonds. The van der Waals surface area contributed by atoms with E-state index in [1.165, 1.54) is 44.5 Å². The fourth-order valence-electron chi connectivity index (χ4n) is 3.69. The first-order chi connectivity index (χ1) is 15.6. The lowest BCUT2D eigenvalue weighted by Crippen LogP contribution is -2.29. The number of likely N-dealkylation sites (tertiary alicyclic amines) is 1. The van der Waals surface area contributed by atoms with E-state index in [4.69, 9.17) is 20.3 Å². The van der Waals surface area contributed by atoms with Crippen LogP contribution in [0.5, 0.6) is 11.5 Å². The van der Waals surface area contributed by atoms with Crippen LogP contribution in [0.15, 0.2) is 48.5 Å². The summed E-state index contributed by atoms with van der Waals surface area (Å²) in [7, 11) is 0. The molecular weight excluding hydrogens is 404 g/mol. The van der Waals surface area contributed by atoms with Crippen molar-refractivity contribution in [2.75, 3.05) is 32.8 Å². The minimum Gasteiger partial charge on any atom is -0.486 e. The van der Waals surface area contributed by atoms with Crippen molar-refractivity contribution in [3.8, 4) is 24.3 Å². The Bertz CT molecular complexity index is 832. The summed E-state index contributed by atoms with van der Waals surface area (Å²) in [5.74, 6) is 1.13. The predicted molar refractivity (Wildman–Crippen MR) is 127 cm³/mol. The maximum atomic E-state index is 10.5. The number of hydrogen-bond donors (Lipinski definition) is 2. The largest absolute Gasteiger partial charge is 0.486 e. The molecule has 2 heterocycles. The number of aliphatic hydroxyl groups excluding tert-OH is 1. The summed E-state index contributed by atoms with van der Waals surface area (Å²) >= 11 is 0. The Hall–Kier alpha value is -3.01. The molecule has 2 aromatic carbocycles. The van der Waals surface area contributed by atoms with Crippen LogP contribution in [-0.2, 0) is 17.6 Å². The van der Waals surface area contributed by atoms with Gasteiger partial charge in [-0.1, -0.05) is 36.4 Å². The summed E-state index contributed by atoms with van der Waals surface area (Å²) < 4.78 is 11.1. The second kappa shape index (κ2) is 14.1. The molecule has 2 aromatic rings. The Labute approximate surface area is 191 Å². The Balaban J connectivity index is 0.000000227. The van der Waals surface area contributed by atoms with E-state index in [2.05, 4.69) is 29.9 Å². The smallest absolute Gasteiger partial charge is 0.246 e. The van der Waals surface area contributed by atoms with Gasteiger partial charge in [0.05, 0.1) is 0 Å². The topological polar surface area (TPSA) is 85.0 Å². The van der Waals surface area contributed by atoms with Crippen LogP contribution in [-0.4, -0.2) is 54.9 Å². The molecule has 0 radical (unpaired) electrons. The van der Waals surface area contributed by atoms with Crippen LogP contribution in [0.2, 0.25) is 0 Å². The van der Waals surface area contributed by atoms with E-state index in [1.54, 1.807) is 0 Å². The number of amides is 1. The summed E-state index contributed by atoms with van der Waals surface area (Å²) in [6.07, 6.45) is 12.3. The van der Waals surface area contributed by atoms with Gasteiger partial charge >= 0.3 is 0 Å². The number of terminal acetylenes is 1. The van der Waals surface area contributed by atoms with E-state index < -0.39 is 12.0 Å². The first-order valence-corrected chi connectivity index (χ1v) is 11.1. The number of hydrogen-bond acceptors (Lipinski definition) is 5. The highest BCUT2D eigenvalue weighted by atomic mass is 16.6. The van der Waals surface area contributed by atoms with E-state index in [0.717, 1.165) is 23.5 Å². The van der Waals surface area contributed by atoms with E-state index in [-0.39, 0.29) is 6.42 Å². The van der Waals surface area contributed by atoms with Gasteiger partial charge in [0.1, 0.15) is 19.3 Å². The Morgan fingerprint density at radius 1 is 1.00 bits per heavy atom. The first kappa shape index (κ1) is 25.3. The maximum Gasteiger partial charge on any atom is 0.246 e. The highest BCUT2D eigenvalue weighted by Crippen LogP contribution is 2.31. The molecule has 0 saturated carbocycles. The predicted octanol–water partition coefficient (Wildman–Crippen LogP) is 2.81. The van der Waals surface area contributed by atoms with Crippen LogP contribution in [0.1, 0.15) is 30.4 Å². The second-order valence-corrected chi connectivity index (χ2v) is 7.74. The Morgan fingerprint density at radius 3 is 2.31 bits per heavy atom. The lowest BCUT2D eigenvalue weighted by Gasteiger charge is -2.19. The van der Waals surface area contributed by atoms with E-state index >= 15 is 0 Å². The second-order valence-electron chi connectivity index (χ2n) is 7.74. The molecule has 0 aliphatic carbocycles. The summed E-state index contributed by atoms with van der Waals surface area (Å²) in [5, 5.41) is 9.11. The summed E-state index contributed by atoms with van der Waals surface area (Å²) in [6.45, 7) is 5.16. The molecule has 0 bridgehead atoms. The molecule has 3 N–H and O–H groups in total. The van der Waals surface area contributed by atoms with Crippen molar-refractivity contribution in [1.82, 2.24) is 4.90 Å². The van der Waals surface area contributed by atoms with Gasteiger partial charge in [-0.25, -0.2) is 0 Å². The molecule has 4 rings (SSSR count). The molecule has 0 aromatic heterocycles. The normalized spacial score (nSPS) is 15.5. The molecular formula is C26H34N2O4. The summed E-state index contributed by atoms with van der Waals surface area (Å²) in [4.78, 5) is 13.0. The third kappa shape index (κ3) is 8.62. The zero-order chi connectivity index (χ0) is 23.2. The van der Waals surface area contributed by atoms with Crippen molar-refractivity contribution >= 4 is 5.91 Å². The molecule has 1 fully saturated rings. The maximum absolute atomic E-state index is 10.5. The summed E-state index contributed by atoms with van der Waals surface area (Å²) in [6, 6.07) is 15.6. The van der Waals surface area contributed by atoms with E-state index in [0.29, 0.717) is 13.2 Å². The average molecular weight is 439 g/mol. The quantitative estimate of drug-likeness (QED) is 0.650. The van der Waals surface area contributed by atoms with Gasteiger partial charge in [-0.05, 0) is 68.6 Å². The lowest BCUT2D eigenvalue weighted by molar-refractivity contribution is -0.125. The number of fused-ring (bicyclic) bond motifs is 1. The van der Waals surface area contributed by atoms with Crippen molar-refractivity contribution in [3.05, 3.63) is 59.7 Å². The number of carbonyl (C=O) groups is 1. The molecule has 2 aliphatic rings. The highest BCUT2D eigenvalue weighted by molar-refractivity contribution is 5.78. The molecule has 32 heavy (non-hydrogen) atoms. The van der Waals surface area contributed by atoms with Crippen LogP contribution < -0.4 is 15.2 Å². The molecule has 2 aliphatic heterocycles. The van der Waals surface area contributed by atoms with Gasteiger partial charge in [-0.15, -0.1) is 12.8 Å². The van der Waals surface area contributed by atoms with Crippen LogP contribution in [0, 0.1) is 12.8 Å². The fourth-order valence-corrected chi connectivity index (χ4v) is 3.69. The van der Waals surface area contributed by atoms with Gasteiger partial charge in [0.25, 0.3) is 0 Å². The molecule has 172 valence electrons. The zero-order valence-electron chi connectivity index (χ0n) is 18.6. The number of nitrogens with zero attached hydrogens (tertiary/aromatic N) is 1. The SMILES string of the molecule is C#C.NC(=O)[C@@H](O)Cc1ccccc1.c1cc2c(cc1CCCN1CCCC1)OCCO2. The van der Waals surface area contributed by atoms with E-state index in [9.17, 15) is 4.79 Å². The number of primary amides is 1. The number of carbonyl (C=O) groups excluding carboxylic acids is 1. The molecule has 6 heteroatoms. The van der Waals surface area contributed by atoms with Gasteiger partial charge in [0.15, 0.2) is 11.5 Å². The number of benzene rings is 2. The molecule has 1 atom stereocenters. The molecule has 0 unspecified atom stereocenters. The molecule has 1 saturated heterocycles. The number of aryl methyl sites for hydroxylation is 1. The van der Waals surface area contributed by atoms with Crippen molar-refractivity contribution in [1.29, 1.82) is 0 Å².